The molecule has 6 N–H and O–H groups in total. The molecule has 1 aliphatic rings. The zero-order chi connectivity index (χ0) is 23.6. The summed E-state index contributed by atoms with van der Waals surface area (Å²) in [4.78, 5) is 30.0. The minimum absolute atomic E-state index is 0.0956. The van der Waals surface area contributed by atoms with E-state index >= 15 is 0 Å². The normalized spacial score (nSPS) is 26.3. The molecule has 0 radical (unpaired) electrons. The molecule has 1 heterocycles. The van der Waals surface area contributed by atoms with E-state index in [9.17, 15) is 24.7 Å². The molecule has 0 aromatic heterocycles. The number of amides is 1. The lowest BCUT2D eigenvalue weighted by Gasteiger charge is -2.40. The van der Waals surface area contributed by atoms with Crippen molar-refractivity contribution in [3.63, 3.8) is 0 Å². The van der Waals surface area contributed by atoms with Crippen LogP contribution in [0, 0.1) is 5.92 Å². The molecular weight excluding hydrogens is 441 g/mol. The number of ether oxygens (including phenoxy) is 2. The lowest BCUT2D eigenvalue weighted by molar-refractivity contribution is -0.272. The van der Waals surface area contributed by atoms with Crippen LogP contribution in [-0.4, -0.2) is 67.9 Å². The van der Waals surface area contributed by atoms with Gasteiger partial charge in [-0.1, -0.05) is 26.0 Å². The van der Waals surface area contributed by atoms with Gasteiger partial charge in [-0.3, -0.25) is 9.36 Å². The predicted molar refractivity (Wildman–Crippen MR) is 116 cm³/mol. The van der Waals surface area contributed by atoms with Crippen molar-refractivity contribution in [1.29, 1.82) is 0 Å². The number of benzene rings is 2. The standard InChI is InChI=1S/C21H28NO9P/c1-11(2)20(26)22-14-5-3-13-10-15(6-4-12(13)9-14)30-21-19(25)18(24)17(23)16(31-21)7-8-32(27,28)29/h3-6,9-11,16-19,21,23-25H,7-8H2,1-2H3,(H,22,26)(H2,27,28,29)/t16-,17-,18+,19+,21+/m1/s1. The minimum atomic E-state index is -4.33. The summed E-state index contributed by atoms with van der Waals surface area (Å²) in [7, 11) is -4.33. The first-order chi connectivity index (χ1) is 14.9. The second-order valence-corrected chi connectivity index (χ2v) is 9.95. The fourth-order valence-electron chi connectivity index (χ4n) is 3.34. The number of hydrogen-bond donors (Lipinski definition) is 6. The molecule has 0 aliphatic carbocycles. The number of aliphatic hydroxyl groups excluding tert-OH is 3. The Hall–Kier alpha value is -2.04. The first-order valence-corrected chi connectivity index (χ1v) is 12.0. The van der Waals surface area contributed by atoms with Gasteiger partial charge in [-0.2, -0.15) is 0 Å². The van der Waals surface area contributed by atoms with Crippen molar-refractivity contribution in [2.75, 3.05) is 11.5 Å². The summed E-state index contributed by atoms with van der Waals surface area (Å²) < 4.78 is 22.3. The largest absolute Gasteiger partial charge is 0.462 e. The fourth-order valence-corrected chi connectivity index (χ4v) is 3.93. The Labute approximate surface area is 184 Å². The summed E-state index contributed by atoms with van der Waals surface area (Å²) >= 11 is 0. The molecule has 10 nitrogen and oxygen atoms in total. The Morgan fingerprint density at radius 1 is 1.06 bits per heavy atom. The lowest BCUT2D eigenvalue weighted by atomic mass is 9.97. The van der Waals surface area contributed by atoms with Gasteiger partial charge < -0.3 is 39.9 Å². The molecule has 5 atom stereocenters. The summed E-state index contributed by atoms with van der Waals surface area (Å²) in [5.74, 6) is 0.0717. The molecule has 0 bridgehead atoms. The van der Waals surface area contributed by atoms with Crippen LogP contribution in [0.5, 0.6) is 5.75 Å². The highest BCUT2D eigenvalue weighted by Crippen LogP contribution is 2.37. The van der Waals surface area contributed by atoms with Gasteiger partial charge in [0.2, 0.25) is 12.2 Å². The van der Waals surface area contributed by atoms with Crippen LogP contribution in [0.15, 0.2) is 36.4 Å². The van der Waals surface area contributed by atoms with E-state index in [1.165, 1.54) is 0 Å². The van der Waals surface area contributed by atoms with Gasteiger partial charge in [0, 0.05) is 11.6 Å². The van der Waals surface area contributed by atoms with Crippen LogP contribution >= 0.6 is 7.60 Å². The first-order valence-electron chi connectivity index (χ1n) is 10.2. The summed E-state index contributed by atoms with van der Waals surface area (Å²) in [6.07, 6.45) is -7.94. The third kappa shape index (κ3) is 6.05. The molecule has 1 amide bonds. The molecule has 0 saturated carbocycles. The Balaban J connectivity index is 1.73. The van der Waals surface area contributed by atoms with Crippen LogP contribution < -0.4 is 10.1 Å². The maximum absolute atomic E-state index is 11.9. The van der Waals surface area contributed by atoms with E-state index in [1.54, 1.807) is 44.2 Å². The topological polar surface area (TPSA) is 166 Å². The highest BCUT2D eigenvalue weighted by molar-refractivity contribution is 7.51. The van der Waals surface area contributed by atoms with Gasteiger partial charge in [0.1, 0.15) is 24.1 Å². The number of carbonyl (C=O) groups excluding carboxylic acids is 1. The molecule has 2 aromatic rings. The van der Waals surface area contributed by atoms with E-state index in [0.717, 1.165) is 10.8 Å². The van der Waals surface area contributed by atoms with Crippen LogP contribution in [0.25, 0.3) is 10.8 Å². The molecule has 1 saturated heterocycles. The van der Waals surface area contributed by atoms with Crippen molar-refractivity contribution in [1.82, 2.24) is 0 Å². The van der Waals surface area contributed by atoms with E-state index in [1.807, 2.05) is 6.07 Å². The van der Waals surface area contributed by atoms with E-state index in [-0.39, 0.29) is 18.2 Å². The quantitative estimate of drug-likeness (QED) is 0.327. The Morgan fingerprint density at radius 3 is 2.38 bits per heavy atom. The smallest absolute Gasteiger partial charge is 0.325 e. The van der Waals surface area contributed by atoms with Crippen LogP contribution in [0.4, 0.5) is 5.69 Å². The van der Waals surface area contributed by atoms with Crippen molar-refractivity contribution in [3.8, 4) is 5.75 Å². The number of hydrogen-bond acceptors (Lipinski definition) is 7. The highest BCUT2D eigenvalue weighted by Gasteiger charge is 2.45. The lowest BCUT2D eigenvalue weighted by Crippen LogP contribution is -2.59. The highest BCUT2D eigenvalue weighted by atomic mass is 31.2. The Bertz CT molecular complexity index is 1010. The zero-order valence-corrected chi connectivity index (χ0v) is 18.6. The molecule has 1 aliphatic heterocycles. The van der Waals surface area contributed by atoms with E-state index in [4.69, 9.17) is 19.3 Å². The molecule has 176 valence electrons. The van der Waals surface area contributed by atoms with Gasteiger partial charge in [0.15, 0.2) is 0 Å². The average Bonchev–Trinajstić information content (AvgIpc) is 2.72. The maximum atomic E-state index is 11.9. The summed E-state index contributed by atoms with van der Waals surface area (Å²) in [5.41, 5.74) is 0.654. The molecular formula is C21H28NO9P. The van der Waals surface area contributed by atoms with Gasteiger partial charge in [0.05, 0.1) is 12.3 Å². The SMILES string of the molecule is CC(C)C(=O)Nc1ccc2cc(O[C@H]3O[C@H](CCP(=O)(O)O)[C@@H](O)[C@H](O)[C@@H]3O)ccc2c1. The second kappa shape index (κ2) is 9.84. The van der Waals surface area contributed by atoms with Crippen molar-refractivity contribution in [3.05, 3.63) is 36.4 Å². The number of anilines is 1. The van der Waals surface area contributed by atoms with Crippen molar-refractivity contribution in [2.24, 2.45) is 5.92 Å². The van der Waals surface area contributed by atoms with Crippen LogP contribution in [0.1, 0.15) is 20.3 Å². The summed E-state index contributed by atoms with van der Waals surface area (Å²) in [5, 5.41) is 34.9. The number of nitrogens with one attached hydrogen (secondary N) is 1. The Kier molecular flexibility index (Phi) is 7.57. The molecule has 0 unspecified atom stereocenters. The third-order valence-corrected chi connectivity index (χ3v) is 6.07. The monoisotopic (exact) mass is 469 g/mol. The zero-order valence-electron chi connectivity index (χ0n) is 17.7. The number of carbonyl (C=O) groups is 1. The molecule has 2 aromatic carbocycles. The van der Waals surface area contributed by atoms with Gasteiger partial charge in [-0.05, 0) is 41.5 Å². The Morgan fingerprint density at radius 2 is 1.72 bits per heavy atom. The van der Waals surface area contributed by atoms with Crippen molar-refractivity contribution >= 4 is 30.0 Å². The van der Waals surface area contributed by atoms with E-state index in [0.29, 0.717) is 11.4 Å². The van der Waals surface area contributed by atoms with E-state index in [2.05, 4.69) is 5.32 Å². The van der Waals surface area contributed by atoms with Gasteiger partial charge >= 0.3 is 7.60 Å². The van der Waals surface area contributed by atoms with Gasteiger partial charge in [0.25, 0.3) is 0 Å². The minimum Gasteiger partial charge on any atom is -0.462 e. The summed E-state index contributed by atoms with van der Waals surface area (Å²) in [6.45, 7) is 3.60. The van der Waals surface area contributed by atoms with Crippen LogP contribution in [0.3, 0.4) is 0 Å². The molecule has 0 spiro atoms. The van der Waals surface area contributed by atoms with Crippen LogP contribution in [0.2, 0.25) is 0 Å². The fraction of sp³-hybridized carbons (Fsp3) is 0.476. The average molecular weight is 469 g/mol. The second-order valence-electron chi connectivity index (χ2n) is 8.18. The molecule has 1 fully saturated rings. The predicted octanol–water partition coefficient (Wildman–Crippen LogP) is 1.19. The van der Waals surface area contributed by atoms with Crippen molar-refractivity contribution < 1.29 is 43.9 Å². The number of fused-ring (bicyclic) bond motifs is 1. The van der Waals surface area contributed by atoms with Crippen molar-refractivity contribution in [2.45, 2.75) is 51.0 Å². The maximum Gasteiger partial charge on any atom is 0.325 e. The third-order valence-electron chi connectivity index (χ3n) is 5.23. The van der Waals surface area contributed by atoms with Crippen LogP contribution in [-0.2, 0) is 14.1 Å². The first kappa shape index (κ1) is 24.6. The number of rotatable bonds is 7. The summed E-state index contributed by atoms with van der Waals surface area (Å²) in [6, 6.07) is 10.4. The molecule has 32 heavy (non-hydrogen) atoms. The molecule has 3 rings (SSSR count). The van der Waals surface area contributed by atoms with Gasteiger partial charge in [-0.15, -0.1) is 0 Å². The van der Waals surface area contributed by atoms with E-state index < -0.39 is 44.5 Å². The molecule has 11 heteroatoms. The number of aliphatic hydroxyl groups is 3. The van der Waals surface area contributed by atoms with Gasteiger partial charge in [-0.25, -0.2) is 0 Å².